The first-order valence-corrected chi connectivity index (χ1v) is 10.6. The van der Waals surface area contributed by atoms with E-state index < -0.39 is 0 Å². The molecule has 2 aromatic rings. The summed E-state index contributed by atoms with van der Waals surface area (Å²) in [6, 6.07) is 9.68. The Kier molecular flexibility index (Phi) is 8.61. The molecule has 1 saturated heterocycles. The van der Waals surface area contributed by atoms with Crippen molar-refractivity contribution in [3.63, 3.8) is 0 Å². The van der Waals surface area contributed by atoms with Crippen LogP contribution in [0.5, 0.6) is 17.2 Å². The molecule has 0 amide bonds. The van der Waals surface area contributed by atoms with Crippen LogP contribution in [0.1, 0.15) is 17.5 Å². The largest absolute Gasteiger partial charge is 0.491 e. The third-order valence-corrected chi connectivity index (χ3v) is 5.43. The Balaban J connectivity index is 1.61. The van der Waals surface area contributed by atoms with Crippen molar-refractivity contribution in [2.45, 2.75) is 19.8 Å². The van der Waals surface area contributed by atoms with Gasteiger partial charge in [0.25, 0.3) is 0 Å². The van der Waals surface area contributed by atoms with E-state index in [0.717, 1.165) is 56.8 Å². The number of methoxy groups -OCH3 is 1. The average Bonchev–Trinajstić information content (AvgIpc) is 2.76. The van der Waals surface area contributed by atoms with Gasteiger partial charge in [-0.2, -0.15) is 0 Å². The molecular weight excluding hydrogens is 409 g/mol. The van der Waals surface area contributed by atoms with E-state index in [0.29, 0.717) is 35.5 Å². The molecule has 0 aromatic heterocycles. The minimum absolute atomic E-state index is 0.233. The van der Waals surface area contributed by atoms with Gasteiger partial charge in [0.05, 0.1) is 32.0 Å². The molecule has 1 aliphatic rings. The first-order chi connectivity index (χ1) is 14.6. The number of hydrogen-bond donors (Lipinski definition) is 0. The molecule has 1 radical (unpaired) electrons. The van der Waals surface area contributed by atoms with Gasteiger partial charge in [0.1, 0.15) is 12.4 Å². The molecule has 0 spiro atoms. The summed E-state index contributed by atoms with van der Waals surface area (Å²) in [5, 5.41) is 0.464. The van der Waals surface area contributed by atoms with Crippen LogP contribution in [-0.4, -0.2) is 58.1 Å². The lowest BCUT2D eigenvalue weighted by Gasteiger charge is -2.26. The van der Waals surface area contributed by atoms with Crippen LogP contribution in [-0.2, 0) is 11.2 Å². The van der Waals surface area contributed by atoms with Crippen molar-refractivity contribution < 1.29 is 23.3 Å². The fourth-order valence-corrected chi connectivity index (χ4v) is 3.48. The lowest BCUT2D eigenvalue weighted by molar-refractivity contribution is 0.0320. The second kappa shape index (κ2) is 11.4. The molecule has 163 valence electrons. The SMILES string of the molecule is COc1c(Cl)c(C)[c]c(OCCN2CCOCC2)c1OCCCc1ccc(F)cc1. The molecule has 3 rings (SSSR count). The highest BCUT2D eigenvalue weighted by atomic mass is 35.5. The van der Waals surface area contributed by atoms with E-state index in [4.69, 9.17) is 30.5 Å². The summed E-state index contributed by atoms with van der Waals surface area (Å²) < 4.78 is 35.9. The Morgan fingerprint density at radius 3 is 2.53 bits per heavy atom. The fraction of sp³-hybridized carbons (Fsp3) is 0.478. The Morgan fingerprint density at radius 1 is 1.10 bits per heavy atom. The molecule has 0 saturated carbocycles. The van der Waals surface area contributed by atoms with Crippen LogP contribution in [0.3, 0.4) is 0 Å². The summed E-state index contributed by atoms with van der Waals surface area (Å²) in [7, 11) is 1.56. The number of halogens is 2. The maximum Gasteiger partial charge on any atom is 0.205 e. The Labute approximate surface area is 182 Å². The van der Waals surface area contributed by atoms with E-state index >= 15 is 0 Å². The molecule has 0 unspecified atom stereocenters. The van der Waals surface area contributed by atoms with E-state index in [2.05, 4.69) is 11.0 Å². The summed E-state index contributed by atoms with van der Waals surface area (Å²) >= 11 is 6.40. The monoisotopic (exact) mass is 436 g/mol. The van der Waals surface area contributed by atoms with Crippen molar-refractivity contribution in [2.75, 3.05) is 53.2 Å². The normalized spacial score (nSPS) is 14.5. The Bertz CT molecular complexity index is 810. The summed E-state index contributed by atoms with van der Waals surface area (Å²) in [6.07, 6.45) is 1.53. The van der Waals surface area contributed by atoms with E-state index in [1.807, 2.05) is 6.92 Å². The van der Waals surface area contributed by atoms with Crippen LogP contribution in [0.15, 0.2) is 24.3 Å². The van der Waals surface area contributed by atoms with Crippen molar-refractivity contribution in [3.8, 4) is 17.2 Å². The molecule has 1 heterocycles. The van der Waals surface area contributed by atoms with Gasteiger partial charge in [0, 0.05) is 25.7 Å². The predicted molar refractivity (Wildman–Crippen MR) is 115 cm³/mol. The lowest BCUT2D eigenvalue weighted by Crippen LogP contribution is -2.38. The zero-order valence-corrected chi connectivity index (χ0v) is 18.3. The highest BCUT2D eigenvalue weighted by Gasteiger charge is 2.20. The third kappa shape index (κ3) is 6.24. The quantitative estimate of drug-likeness (QED) is 0.519. The van der Waals surface area contributed by atoms with E-state index in [1.54, 1.807) is 19.2 Å². The molecule has 1 fully saturated rings. The van der Waals surface area contributed by atoms with Gasteiger partial charge in [0.15, 0.2) is 11.5 Å². The Morgan fingerprint density at radius 2 is 1.83 bits per heavy atom. The zero-order chi connectivity index (χ0) is 21.3. The standard InChI is InChI=1S/C23H28ClFNO4/c1-17-16-20(29-15-11-26-9-13-28-14-10-26)22(23(27-2)21(17)24)30-12-3-4-18-5-7-19(25)8-6-18/h5-8H,3-4,9-15H2,1-2H3. The number of benzene rings is 2. The number of rotatable bonds is 10. The van der Waals surface area contributed by atoms with E-state index in [-0.39, 0.29) is 5.82 Å². The molecule has 30 heavy (non-hydrogen) atoms. The minimum atomic E-state index is -0.233. The van der Waals surface area contributed by atoms with Gasteiger partial charge >= 0.3 is 0 Å². The van der Waals surface area contributed by atoms with E-state index in [1.165, 1.54) is 12.1 Å². The van der Waals surface area contributed by atoms with Gasteiger partial charge in [-0.25, -0.2) is 4.39 Å². The zero-order valence-electron chi connectivity index (χ0n) is 17.5. The molecule has 0 atom stereocenters. The molecule has 1 aliphatic heterocycles. The number of ether oxygens (including phenoxy) is 4. The van der Waals surface area contributed by atoms with Crippen molar-refractivity contribution in [1.29, 1.82) is 0 Å². The topological polar surface area (TPSA) is 40.2 Å². The van der Waals surface area contributed by atoms with Crippen molar-refractivity contribution in [1.82, 2.24) is 4.90 Å². The van der Waals surface area contributed by atoms with Gasteiger partial charge in [-0.15, -0.1) is 0 Å². The molecule has 7 heteroatoms. The number of nitrogens with zero attached hydrogens (tertiary/aromatic N) is 1. The smallest absolute Gasteiger partial charge is 0.205 e. The van der Waals surface area contributed by atoms with Gasteiger partial charge in [0.2, 0.25) is 5.75 Å². The predicted octanol–water partition coefficient (Wildman–Crippen LogP) is 4.32. The van der Waals surface area contributed by atoms with Crippen LogP contribution in [0.25, 0.3) is 0 Å². The first-order valence-electron chi connectivity index (χ1n) is 10.2. The van der Waals surface area contributed by atoms with Crippen LogP contribution >= 0.6 is 11.6 Å². The van der Waals surface area contributed by atoms with Crippen LogP contribution in [0.4, 0.5) is 4.39 Å². The second-order valence-electron chi connectivity index (χ2n) is 7.14. The van der Waals surface area contributed by atoms with Gasteiger partial charge < -0.3 is 18.9 Å². The number of morpholine rings is 1. The number of aryl methyl sites for hydroxylation is 2. The molecular formula is C23H28ClFNO4. The van der Waals surface area contributed by atoms with Crippen LogP contribution in [0, 0.1) is 18.8 Å². The highest BCUT2D eigenvalue weighted by molar-refractivity contribution is 6.33. The van der Waals surface area contributed by atoms with Gasteiger partial charge in [-0.05, 0) is 43.0 Å². The third-order valence-electron chi connectivity index (χ3n) is 4.97. The molecule has 0 N–H and O–H groups in total. The van der Waals surface area contributed by atoms with Gasteiger partial charge in [-0.3, -0.25) is 4.90 Å². The Hall–Kier alpha value is -2.02. The van der Waals surface area contributed by atoms with Gasteiger partial charge in [-0.1, -0.05) is 23.7 Å². The van der Waals surface area contributed by atoms with Crippen molar-refractivity contribution in [3.05, 3.63) is 52.3 Å². The summed E-state index contributed by atoms with van der Waals surface area (Å²) in [5.74, 6) is 1.19. The maximum absolute atomic E-state index is 13.0. The second-order valence-corrected chi connectivity index (χ2v) is 7.51. The lowest BCUT2D eigenvalue weighted by atomic mass is 10.1. The highest BCUT2D eigenvalue weighted by Crippen LogP contribution is 2.44. The summed E-state index contributed by atoms with van der Waals surface area (Å²) in [5.41, 5.74) is 1.80. The van der Waals surface area contributed by atoms with E-state index in [9.17, 15) is 4.39 Å². The fourth-order valence-electron chi connectivity index (χ4n) is 3.27. The van der Waals surface area contributed by atoms with Crippen LogP contribution in [0.2, 0.25) is 5.02 Å². The summed E-state index contributed by atoms with van der Waals surface area (Å²) in [4.78, 5) is 2.30. The number of hydrogen-bond acceptors (Lipinski definition) is 5. The molecule has 0 aliphatic carbocycles. The van der Waals surface area contributed by atoms with Crippen LogP contribution < -0.4 is 14.2 Å². The molecule has 0 bridgehead atoms. The molecule has 2 aromatic carbocycles. The maximum atomic E-state index is 13.0. The molecule has 5 nitrogen and oxygen atoms in total. The summed E-state index contributed by atoms with van der Waals surface area (Å²) in [6.45, 7) is 6.92. The average molecular weight is 437 g/mol. The minimum Gasteiger partial charge on any atom is -0.491 e. The first kappa shape index (κ1) is 22.7. The van der Waals surface area contributed by atoms with Crippen molar-refractivity contribution in [2.24, 2.45) is 0 Å². The van der Waals surface area contributed by atoms with Crippen molar-refractivity contribution >= 4 is 11.6 Å².